The number of hydrogen-bond acceptors (Lipinski definition) is 4. The zero-order valence-electron chi connectivity index (χ0n) is 21.9. The Morgan fingerprint density at radius 2 is 1.45 bits per heavy atom. The standard InChI is InChI=1S/C33H28N4O/c1-20-15-21(2)30(22(3)16-20)25-18-23(17-24(19-25)27-10-5-6-13-34-27)26-9-7-11-28-31(26)36-33(37(28)4)32-29(38)12-8-14-35-32/h5-19,38H,1-4H3. The van der Waals surface area contributed by atoms with E-state index in [9.17, 15) is 5.11 Å². The summed E-state index contributed by atoms with van der Waals surface area (Å²) in [7, 11) is 1.96. The molecule has 0 unspecified atom stereocenters. The minimum Gasteiger partial charge on any atom is -0.506 e. The number of aromatic hydroxyl groups is 1. The van der Waals surface area contributed by atoms with Crippen LogP contribution in [0, 0.1) is 20.8 Å². The van der Waals surface area contributed by atoms with Gasteiger partial charge < -0.3 is 9.67 Å². The first-order valence-electron chi connectivity index (χ1n) is 12.7. The van der Waals surface area contributed by atoms with Gasteiger partial charge in [0, 0.05) is 30.6 Å². The quantitative estimate of drug-likeness (QED) is 0.272. The van der Waals surface area contributed by atoms with Crippen LogP contribution >= 0.6 is 0 Å². The van der Waals surface area contributed by atoms with Crippen molar-refractivity contribution in [3.8, 4) is 50.8 Å². The molecule has 5 heteroatoms. The van der Waals surface area contributed by atoms with E-state index in [1.807, 2.05) is 42.1 Å². The lowest BCUT2D eigenvalue weighted by atomic mass is 9.89. The normalized spacial score (nSPS) is 11.3. The molecule has 0 aliphatic carbocycles. The number of para-hydroxylation sites is 1. The van der Waals surface area contributed by atoms with Gasteiger partial charge in [-0.3, -0.25) is 4.98 Å². The molecule has 38 heavy (non-hydrogen) atoms. The summed E-state index contributed by atoms with van der Waals surface area (Å²) in [6.45, 7) is 6.49. The van der Waals surface area contributed by atoms with Crippen LogP contribution in [0.4, 0.5) is 0 Å². The second-order valence-corrected chi connectivity index (χ2v) is 9.83. The van der Waals surface area contributed by atoms with Crippen molar-refractivity contribution < 1.29 is 5.11 Å². The zero-order valence-corrected chi connectivity index (χ0v) is 21.9. The molecule has 0 saturated carbocycles. The number of hydrogen-bond donors (Lipinski definition) is 1. The molecule has 0 spiro atoms. The highest BCUT2D eigenvalue weighted by molar-refractivity contribution is 5.96. The Morgan fingerprint density at radius 3 is 2.18 bits per heavy atom. The fraction of sp³-hybridized carbons (Fsp3) is 0.121. The Morgan fingerprint density at radius 1 is 0.711 bits per heavy atom. The number of benzene rings is 3. The van der Waals surface area contributed by atoms with Crippen molar-refractivity contribution in [1.29, 1.82) is 0 Å². The van der Waals surface area contributed by atoms with Crippen LogP contribution in [-0.4, -0.2) is 24.6 Å². The summed E-state index contributed by atoms with van der Waals surface area (Å²) in [6.07, 6.45) is 3.50. The molecule has 0 amide bonds. The van der Waals surface area contributed by atoms with E-state index in [1.54, 1.807) is 18.3 Å². The van der Waals surface area contributed by atoms with Gasteiger partial charge in [-0.05, 0) is 97.1 Å². The van der Waals surface area contributed by atoms with Gasteiger partial charge in [0.25, 0.3) is 0 Å². The second kappa shape index (κ2) is 9.27. The smallest absolute Gasteiger partial charge is 0.163 e. The largest absolute Gasteiger partial charge is 0.506 e. The van der Waals surface area contributed by atoms with Gasteiger partial charge in [0.15, 0.2) is 5.82 Å². The van der Waals surface area contributed by atoms with Crippen molar-refractivity contribution in [3.05, 3.63) is 108 Å². The molecule has 3 aromatic heterocycles. The first-order valence-corrected chi connectivity index (χ1v) is 12.7. The molecule has 0 aliphatic heterocycles. The fourth-order valence-corrected chi connectivity index (χ4v) is 5.47. The number of rotatable bonds is 4. The third kappa shape index (κ3) is 4.02. The average Bonchev–Trinajstić information content (AvgIpc) is 3.25. The summed E-state index contributed by atoms with van der Waals surface area (Å²) >= 11 is 0. The van der Waals surface area contributed by atoms with Crippen LogP contribution < -0.4 is 0 Å². The Hall–Kier alpha value is -4.77. The first-order chi connectivity index (χ1) is 18.4. The van der Waals surface area contributed by atoms with Crippen molar-refractivity contribution in [2.24, 2.45) is 7.05 Å². The van der Waals surface area contributed by atoms with Gasteiger partial charge in [0.2, 0.25) is 0 Å². The SMILES string of the molecule is Cc1cc(C)c(-c2cc(-c3ccccn3)cc(-c3cccc4c3nc(-c3ncccc3O)n4C)c2)c(C)c1. The molecule has 0 atom stereocenters. The Labute approximate surface area is 222 Å². The zero-order chi connectivity index (χ0) is 26.4. The molecular weight excluding hydrogens is 468 g/mol. The van der Waals surface area contributed by atoms with Crippen LogP contribution in [0.3, 0.4) is 0 Å². The summed E-state index contributed by atoms with van der Waals surface area (Å²) < 4.78 is 1.98. The predicted octanol–water partition coefficient (Wildman–Crippen LogP) is 7.66. The molecule has 0 saturated heterocycles. The average molecular weight is 497 g/mol. The summed E-state index contributed by atoms with van der Waals surface area (Å²) in [5.41, 5.74) is 12.5. The summed E-state index contributed by atoms with van der Waals surface area (Å²) in [4.78, 5) is 14.0. The monoisotopic (exact) mass is 496 g/mol. The number of aromatic nitrogens is 4. The third-order valence-corrected chi connectivity index (χ3v) is 7.08. The van der Waals surface area contributed by atoms with Crippen LogP contribution in [-0.2, 0) is 7.05 Å². The lowest BCUT2D eigenvalue weighted by Gasteiger charge is -2.15. The van der Waals surface area contributed by atoms with Gasteiger partial charge in [0.05, 0.1) is 16.7 Å². The van der Waals surface area contributed by atoms with E-state index >= 15 is 0 Å². The van der Waals surface area contributed by atoms with Crippen molar-refractivity contribution >= 4 is 11.0 Å². The molecule has 0 radical (unpaired) electrons. The van der Waals surface area contributed by atoms with E-state index in [0.29, 0.717) is 11.5 Å². The van der Waals surface area contributed by atoms with Gasteiger partial charge >= 0.3 is 0 Å². The molecule has 3 aromatic carbocycles. The molecule has 6 aromatic rings. The van der Waals surface area contributed by atoms with E-state index in [4.69, 9.17) is 4.98 Å². The number of fused-ring (bicyclic) bond motifs is 1. The van der Waals surface area contributed by atoms with Gasteiger partial charge in [0.1, 0.15) is 11.4 Å². The Kier molecular flexibility index (Phi) is 5.76. The molecule has 186 valence electrons. The maximum Gasteiger partial charge on any atom is 0.163 e. The predicted molar refractivity (Wildman–Crippen MR) is 154 cm³/mol. The lowest BCUT2D eigenvalue weighted by Crippen LogP contribution is -1.94. The molecule has 5 nitrogen and oxygen atoms in total. The maximum atomic E-state index is 10.5. The Bertz CT molecular complexity index is 1800. The minimum atomic E-state index is 0.109. The molecule has 0 aliphatic rings. The highest BCUT2D eigenvalue weighted by Crippen LogP contribution is 2.38. The second-order valence-electron chi connectivity index (χ2n) is 9.83. The van der Waals surface area contributed by atoms with E-state index in [1.165, 1.54) is 22.3 Å². The van der Waals surface area contributed by atoms with Gasteiger partial charge in [-0.25, -0.2) is 9.97 Å². The van der Waals surface area contributed by atoms with E-state index < -0.39 is 0 Å². The molecule has 0 fully saturated rings. The van der Waals surface area contributed by atoms with Crippen molar-refractivity contribution in [2.75, 3.05) is 0 Å². The lowest BCUT2D eigenvalue weighted by molar-refractivity contribution is 0.474. The summed E-state index contributed by atoms with van der Waals surface area (Å²) in [6, 6.07) is 26.7. The maximum absolute atomic E-state index is 10.5. The Balaban J connectivity index is 1.62. The van der Waals surface area contributed by atoms with Crippen LogP contribution in [0.15, 0.2) is 91.3 Å². The van der Waals surface area contributed by atoms with E-state index in [-0.39, 0.29) is 5.75 Å². The minimum absolute atomic E-state index is 0.109. The van der Waals surface area contributed by atoms with Crippen LogP contribution in [0.1, 0.15) is 16.7 Å². The first kappa shape index (κ1) is 23.6. The number of aryl methyl sites for hydroxylation is 4. The van der Waals surface area contributed by atoms with Crippen LogP contribution in [0.2, 0.25) is 0 Å². The van der Waals surface area contributed by atoms with Crippen molar-refractivity contribution in [1.82, 2.24) is 19.5 Å². The van der Waals surface area contributed by atoms with E-state index in [0.717, 1.165) is 39.0 Å². The van der Waals surface area contributed by atoms with Gasteiger partial charge in [-0.2, -0.15) is 0 Å². The number of pyridine rings is 2. The van der Waals surface area contributed by atoms with Gasteiger partial charge in [-0.1, -0.05) is 35.9 Å². The molecule has 0 bridgehead atoms. The third-order valence-electron chi connectivity index (χ3n) is 7.08. The van der Waals surface area contributed by atoms with Gasteiger partial charge in [-0.15, -0.1) is 0 Å². The number of imidazole rings is 1. The summed E-state index contributed by atoms with van der Waals surface area (Å²) in [5, 5.41) is 10.5. The van der Waals surface area contributed by atoms with Crippen LogP contribution in [0.5, 0.6) is 5.75 Å². The molecule has 6 rings (SSSR count). The van der Waals surface area contributed by atoms with Crippen LogP contribution in [0.25, 0.3) is 56.1 Å². The topological polar surface area (TPSA) is 63.8 Å². The molecular formula is C33H28N4O. The highest BCUT2D eigenvalue weighted by atomic mass is 16.3. The molecule has 1 N–H and O–H groups in total. The number of nitrogens with zero attached hydrogens (tertiary/aromatic N) is 4. The van der Waals surface area contributed by atoms with Crippen molar-refractivity contribution in [2.45, 2.75) is 20.8 Å². The summed E-state index contributed by atoms with van der Waals surface area (Å²) in [5.74, 6) is 0.731. The molecule has 3 heterocycles. The van der Waals surface area contributed by atoms with Crippen molar-refractivity contribution in [3.63, 3.8) is 0 Å². The highest BCUT2D eigenvalue weighted by Gasteiger charge is 2.18. The van der Waals surface area contributed by atoms with E-state index in [2.05, 4.69) is 73.2 Å². The fourth-order valence-electron chi connectivity index (χ4n) is 5.47.